The van der Waals surface area contributed by atoms with Gasteiger partial charge in [0.15, 0.2) is 5.82 Å². The second-order valence-electron chi connectivity index (χ2n) is 6.98. The Morgan fingerprint density at radius 2 is 1.97 bits per heavy atom. The quantitative estimate of drug-likeness (QED) is 0.444. The predicted octanol–water partition coefficient (Wildman–Crippen LogP) is 4.43. The van der Waals surface area contributed by atoms with Crippen molar-refractivity contribution in [3.8, 4) is 11.4 Å². The van der Waals surface area contributed by atoms with Crippen LogP contribution < -0.4 is 10.2 Å². The maximum absolute atomic E-state index is 12.2. The van der Waals surface area contributed by atoms with Crippen molar-refractivity contribution in [3.05, 3.63) is 53.0 Å². The van der Waals surface area contributed by atoms with E-state index in [0.717, 1.165) is 39.7 Å². The molecule has 0 saturated heterocycles. The molecule has 0 aliphatic heterocycles. The van der Waals surface area contributed by atoms with Crippen LogP contribution >= 0.6 is 15.9 Å². The number of hydrogen-bond donors (Lipinski definition) is 1. The third-order valence-corrected chi connectivity index (χ3v) is 5.19. The molecule has 1 N–H and O–H groups in total. The van der Waals surface area contributed by atoms with Crippen LogP contribution in [0.4, 0.5) is 5.82 Å². The summed E-state index contributed by atoms with van der Waals surface area (Å²) in [6, 6.07) is 16.0. The molecule has 2 aromatic carbocycles. The summed E-state index contributed by atoms with van der Waals surface area (Å²) >= 11 is 3.53. The predicted molar refractivity (Wildman–Crippen MR) is 125 cm³/mol. The first-order valence-electron chi connectivity index (χ1n) is 10.2. The number of halogens is 1. The number of aromatic nitrogens is 2. The molecule has 1 heterocycles. The Labute approximate surface area is 185 Å². The Bertz CT molecular complexity index is 996. The van der Waals surface area contributed by atoms with Gasteiger partial charge in [-0.3, -0.25) is 4.79 Å². The Morgan fingerprint density at radius 3 is 2.73 bits per heavy atom. The van der Waals surface area contributed by atoms with Gasteiger partial charge in [0.25, 0.3) is 0 Å². The first kappa shape index (κ1) is 22.2. The van der Waals surface area contributed by atoms with Gasteiger partial charge in [0, 0.05) is 48.6 Å². The Balaban J connectivity index is 1.93. The number of benzene rings is 2. The molecule has 1 aromatic heterocycles. The first-order chi connectivity index (χ1) is 14.6. The van der Waals surface area contributed by atoms with Crippen molar-refractivity contribution < 1.29 is 9.53 Å². The summed E-state index contributed by atoms with van der Waals surface area (Å²) < 4.78 is 5.97. The fourth-order valence-electron chi connectivity index (χ4n) is 3.27. The molecule has 0 aliphatic carbocycles. The number of nitrogens with one attached hydrogen (secondary N) is 1. The highest BCUT2D eigenvalue weighted by Crippen LogP contribution is 2.29. The van der Waals surface area contributed by atoms with Crippen molar-refractivity contribution in [3.63, 3.8) is 0 Å². The van der Waals surface area contributed by atoms with Crippen LogP contribution in [0, 0.1) is 0 Å². The van der Waals surface area contributed by atoms with Gasteiger partial charge < -0.3 is 15.0 Å². The van der Waals surface area contributed by atoms with Crippen LogP contribution in [0.1, 0.15) is 19.8 Å². The fraction of sp³-hybridized carbons (Fsp3) is 0.348. The lowest BCUT2D eigenvalue weighted by molar-refractivity contribution is -0.121. The van der Waals surface area contributed by atoms with Gasteiger partial charge in [0.2, 0.25) is 5.91 Å². The maximum atomic E-state index is 12.2. The minimum Gasteiger partial charge on any atom is -0.383 e. The van der Waals surface area contributed by atoms with Crippen molar-refractivity contribution in [2.45, 2.75) is 19.8 Å². The SMILES string of the molecule is CCCN(CCC(=O)NCCOC)c1nc(-c2cccc(Br)c2)nc2ccccc12. The highest BCUT2D eigenvalue weighted by molar-refractivity contribution is 9.10. The normalized spacial score (nSPS) is 10.9. The van der Waals surface area contributed by atoms with Crippen molar-refractivity contribution in [2.75, 3.05) is 38.3 Å². The fourth-order valence-corrected chi connectivity index (χ4v) is 3.67. The molecule has 3 aromatic rings. The van der Waals surface area contributed by atoms with E-state index in [-0.39, 0.29) is 5.91 Å². The minimum absolute atomic E-state index is 0.0127. The van der Waals surface area contributed by atoms with E-state index < -0.39 is 0 Å². The molecule has 0 bridgehead atoms. The number of hydrogen-bond acceptors (Lipinski definition) is 5. The monoisotopic (exact) mass is 470 g/mol. The smallest absolute Gasteiger partial charge is 0.221 e. The summed E-state index contributed by atoms with van der Waals surface area (Å²) in [4.78, 5) is 24.1. The van der Waals surface area contributed by atoms with Crippen LogP contribution in [0.3, 0.4) is 0 Å². The number of para-hydroxylation sites is 1. The van der Waals surface area contributed by atoms with Crippen LogP contribution in [0.2, 0.25) is 0 Å². The van der Waals surface area contributed by atoms with Crippen LogP contribution in [-0.4, -0.2) is 49.2 Å². The van der Waals surface area contributed by atoms with Gasteiger partial charge >= 0.3 is 0 Å². The summed E-state index contributed by atoms with van der Waals surface area (Å²) in [6.07, 6.45) is 1.35. The third kappa shape index (κ3) is 5.77. The molecule has 0 saturated carbocycles. The largest absolute Gasteiger partial charge is 0.383 e. The average molecular weight is 471 g/mol. The summed E-state index contributed by atoms with van der Waals surface area (Å²) in [5.74, 6) is 1.55. The minimum atomic E-state index is 0.0127. The average Bonchev–Trinajstić information content (AvgIpc) is 2.76. The van der Waals surface area contributed by atoms with E-state index in [2.05, 4.69) is 33.1 Å². The molecule has 0 fully saturated rings. The molecule has 158 valence electrons. The van der Waals surface area contributed by atoms with Gasteiger partial charge in [0.1, 0.15) is 5.82 Å². The van der Waals surface area contributed by atoms with Crippen LogP contribution in [0.5, 0.6) is 0 Å². The van der Waals surface area contributed by atoms with Gasteiger partial charge in [0.05, 0.1) is 12.1 Å². The van der Waals surface area contributed by atoms with Crippen molar-refractivity contribution in [2.24, 2.45) is 0 Å². The van der Waals surface area contributed by atoms with Crippen molar-refractivity contribution in [1.82, 2.24) is 15.3 Å². The molecule has 0 radical (unpaired) electrons. The molecule has 30 heavy (non-hydrogen) atoms. The Kier molecular flexibility index (Phi) is 8.16. The van der Waals surface area contributed by atoms with E-state index in [4.69, 9.17) is 14.7 Å². The van der Waals surface area contributed by atoms with Crippen molar-refractivity contribution >= 4 is 38.6 Å². The van der Waals surface area contributed by atoms with E-state index >= 15 is 0 Å². The number of anilines is 1. The molecule has 6 nitrogen and oxygen atoms in total. The maximum Gasteiger partial charge on any atom is 0.221 e. The number of rotatable bonds is 10. The molecule has 0 atom stereocenters. The zero-order chi connectivity index (χ0) is 21.3. The second kappa shape index (κ2) is 11.0. The van der Waals surface area contributed by atoms with Crippen LogP contribution in [0.15, 0.2) is 53.0 Å². The molecule has 0 unspecified atom stereocenters. The van der Waals surface area contributed by atoms with Gasteiger partial charge in [-0.15, -0.1) is 0 Å². The summed E-state index contributed by atoms with van der Waals surface area (Å²) in [5, 5.41) is 3.87. The molecular formula is C23H27BrN4O2. The van der Waals surface area contributed by atoms with E-state index in [1.165, 1.54) is 0 Å². The topological polar surface area (TPSA) is 67.4 Å². The molecule has 1 amide bonds. The third-order valence-electron chi connectivity index (χ3n) is 4.70. The Hall–Kier alpha value is -2.51. The first-order valence-corrected chi connectivity index (χ1v) is 10.9. The zero-order valence-electron chi connectivity index (χ0n) is 17.4. The highest BCUT2D eigenvalue weighted by Gasteiger charge is 2.16. The van der Waals surface area contributed by atoms with E-state index in [1.54, 1.807) is 7.11 Å². The summed E-state index contributed by atoms with van der Waals surface area (Å²) in [7, 11) is 1.62. The van der Waals surface area contributed by atoms with Gasteiger partial charge in [-0.25, -0.2) is 9.97 Å². The zero-order valence-corrected chi connectivity index (χ0v) is 19.0. The van der Waals surface area contributed by atoms with E-state index in [9.17, 15) is 4.79 Å². The summed E-state index contributed by atoms with van der Waals surface area (Å²) in [6.45, 7) is 4.56. The van der Waals surface area contributed by atoms with Gasteiger partial charge in [-0.2, -0.15) is 0 Å². The van der Waals surface area contributed by atoms with Gasteiger partial charge in [-0.05, 0) is 30.7 Å². The van der Waals surface area contributed by atoms with Gasteiger partial charge in [-0.1, -0.05) is 47.1 Å². The van der Waals surface area contributed by atoms with E-state index in [0.29, 0.717) is 31.9 Å². The molecule has 0 spiro atoms. The highest BCUT2D eigenvalue weighted by atomic mass is 79.9. The lowest BCUT2D eigenvalue weighted by atomic mass is 10.1. The number of ether oxygens (including phenoxy) is 1. The number of amides is 1. The van der Waals surface area contributed by atoms with Crippen LogP contribution in [0.25, 0.3) is 22.3 Å². The lowest BCUT2D eigenvalue weighted by Crippen LogP contribution is -2.33. The number of fused-ring (bicyclic) bond motifs is 1. The number of carbonyl (C=O) groups is 1. The summed E-state index contributed by atoms with van der Waals surface area (Å²) in [5.41, 5.74) is 1.84. The van der Waals surface area contributed by atoms with Crippen LogP contribution in [-0.2, 0) is 9.53 Å². The Morgan fingerprint density at radius 1 is 1.13 bits per heavy atom. The lowest BCUT2D eigenvalue weighted by Gasteiger charge is -2.25. The van der Waals surface area contributed by atoms with Crippen molar-refractivity contribution in [1.29, 1.82) is 0 Å². The molecule has 0 aliphatic rings. The number of nitrogens with zero attached hydrogens (tertiary/aromatic N) is 3. The van der Waals surface area contributed by atoms with E-state index in [1.807, 2.05) is 48.5 Å². The molecule has 3 rings (SSSR count). The molecule has 7 heteroatoms. The number of carbonyl (C=O) groups excluding carboxylic acids is 1. The second-order valence-corrected chi connectivity index (χ2v) is 7.89. The molecular weight excluding hydrogens is 444 g/mol. The standard InChI is InChI=1S/C23H27BrN4O2/c1-3-13-28(14-11-21(29)25-12-15-30-2)23-19-9-4-5-10-20(19)26-22(27-23)17-7-6-8-18(24)16-17/h4-10,16H,3,11-15H2,1-2H3,(H,25,29). The number of methoxy groups -OCH3 is 1.